The van der Waals surface area contributed by atoms with Crippen molar-refractivity contribution in [3.63, 3.8) is 0 Å². The molecule has 152 valence electrons. The highest BCUT2D eigenvalue weighted by molar-refractivity contribution is 5.77. The summed E-state index contributed by atoms with van der Waals surface area (Å²) in [6, 6.07) is 0. The maximum Gasteiger partial charge on any atom is 0.381 e. The first-order valence-corrected chi connectivity index (χ1v) is 7.58. The van der Waals surface area contributed by atoms with Gasteiger partial charge >= 0.3 is 36.1 Å². The second kappa shape index (κ2) is 8.38. The Bertz CT molecular complexity index is 503. The van der Waals surface area contributed by atoms with Gasteiger partial charge in [-0.3, -0.25) is 9.59 Å². The summed E-state index contributed by atoms with van der Waals surface area (Å²) >= 11 is 0. The molecule has 0 aromatic carbocycles. The van der Waals surface area contributed by atoms with E-state index < -0.39 is 55.6 Å². The third-order valence-electron chi connectivity index (χ3n) is 3.70. The number of hydrogen-bond acceptors (Lipinski definition) is 4. The van der Waals surface area contributed by atoms with E-state index in [9.17, 15) is 44.7 Å². The van der Waals surface area contributed by atoms with Gasteiger partial charge in [-0.2, -0.15) is 26.3 Å². The zero-order valence-electron chi connectivity index (χ0n) is 13.3. The summed E-state index contributed by atoms with van der Waals surface area (Å²) in [5.41, 5.74) is 0. The number of halogens is 8. The molecule has 1 aliphatic carbocycles. The topological polar surface area (TPSA) is 52.6 Å². The number of ether oxygens (including phenoxy) is 2. The first-order chi connectivity index (χ1) is 11.8. The van der Waals surface area contributed by atoms with Crippen molar-refractivity contribution in [2.45, 2.75) is 68.8 Å². The van der Waals surface area contributed by atoms with Crippen LogP contribution < -0.4 is 0 Å². The molecule has 0 aromatic heterocycles. The lowest BCUT2D eigenvalue weighted by molar-refractivity contribution is -0.344. The van der Waals surface area contributed by atoms with Gasteiger partial charge in [-0.25, -0.2) is 8.78 Å². The number of carbonyl (C=O) groups is 2. The Morgan fingerprint density at radius 3 is 1.92 bits per heavy atom. The van der Waals surface area contributed by atoms with Gasteiger partial charge in [-0.1, -0.05) is 0 Å². The molecule has 1 fully saturated rings. The molecule has 0 N–H and O–H groups in total. The first kappa shape index (κ1) is 22.4. The molecule has 0 amide bonds. The van der Waals surface area contributed by atoms with Crippen LogP contribution in [0.1, 0.15) is 38.5 Å². The van der Waals surface area contributed by atoms with Crippen molar-refractivity contribution in [3.05, 3.63) is 0 Å². The molecule has 0 aliphatic heterocycles. The van der Waals surface area contributed by atoms with Gasteiger partial charge in [-0.15, -0.1) is 0 Å². The molecule has 1 rings (SSSR count). The predicted octanol–water partition coefficient (Wildman–Crippen LogP) is 3.97. The third-order valence-corrected chi connectivity index (χ3v) is 3.70. The summed E-state index contributed by atoms with van der Waals surface area (Å²) in [5.74, 6) is -20.9. The van der Waals surface area contributed by atoms with Crippen LogP contribution in [0.15, 0.2) is 0 Å². The number of hydrogen-bond donors (Lipinski definition) is 0. The molecule has 0 spiro atoms. The molecular weight excluding hydrogens is 384 g/mol. The lowest BCUT2D eigenvalue weighted by Gasteiger charge is -2.31. The van der Waals surface area contributed by atoms with Crippen LogP contribution >= 0.6 is 0 Å². The zero-order valence-corrected chi connectivity index (χ0v) is 13.3. The molecule has 1 aliphatic rings. The fourth-order valence-corrected chi connectivity index (χ4v) is 2.17. The van der Waals surface area contributed by atoms with Gasteiger partial charge in [0.15, 0.2) is 6.61 Å². The maximum atomic E-state index is 13.2. The summed E-state index contributed by atoms with van der Waals surface area (Å²) in [5, 5.41) is 0. The second-order valence-electron chi connectivity index (χ2n) is 5.76. The second-order valence-corrected chi connectivity index (χ2v) is 5.76. The predicted molar refractivity (Wildman–Crippen MR) is 69.4 cm³/mol. The molecule has 0 aromatic rings. The van der Waals surface area contributed by atoms with Crippen LogP contribution in [0.25, 0.3) is 0 Å². The average molecular weight is 400 g/mol. The van der Waals surface area contributed by atoms with Gasteiger partial charge < -0.3 is 9.47 Å². The van der Waals surface area contributed by atoms with Gasteiger partial charge in [0.25, 0.3) is 0 Å². The van der Waals surface area contributed by atoms with Gasteiger partial charge in [0.1, 0.15) is 6.10 Å². The lowest BCUT2D eigenvalue weighted by Crippen LogP contribution is -2.59. The van der Waals surface area contributed by atoms with Crippen LogP contribution in [0.2, 0.25) is 0 Å². The Hall–Kier alpha value is -1.62. The Morgan fingerprint density at radius 1 is 0.923 bits per heavy atom. The normalized spacial score (nSPS) is 16.8. The molecule has 1 saturated carbocycles. The van der Waals surface area contributed by atoms with Crippen LogP contribution in [0.4, 0.5) is 35.1 Å². The number of carbonyl (C=O) groups excluding carboxylic acids is 2. The van der Waals surface area contributed by atoms with Crippen molar-refractivity contribution in [2.24, 2.45) is 0 Å². The van der Waals surface area contributed by atoms with Crippen LogP contribution in [0.3, 0.4) is 0 Å². The van der Waals surface area contributed by atoms with Crippen molar-refractivity contribution in [1.29, 1.82) is 0 Å². The molecule has 0 bridgehead atoms. The quantitative estimate of drug-likeness (QED) is 0.434. The number of esters is 2. The van der Waals surface area contributed by atoms with Crippen LogP contribution in [0.5, 0.6) is 0 Å². The summed E-state index contributed by atoms with van der Waals surface area (Å²) in [7, 11) is 0. The minimum Gasteiger partial charge on any atom is -0.462 e. The molecule has 0 unspecified atom stereocenters. The van der Waals surface area contributed by atoms with Crippen molar-refractivity contribution in [1.82, 2.24) is 0 Å². The van der Waals surface area contributed by atoms with Crippen molar-refractivity contribution in [2.75, 3.05) is 6.61 Å². The zero-order chi connectivity index (χ0) is 20.2. The Kier molecular flexibility index (Phi) is 7.23. The highest BCUT2D eigenvalue weighted by Crippen LogP contribution is 2.48. The van der Waals surface area contributed by atoms with E-state index >= 15 is 0 Å². The van der Waals surface area contributed by atoms with E-state index in [-0.39, 0.29) is 6.10 Å². The number of rotatable bonds is 9. The van der Waals surface area contributed by atoms with E-state index in [4.69, 9.17) is 4.74 Å². The van der Waals surface area contributed by atoms with Gasteiger partial charge in [0.05, 0.1) is 12.8 Å². The lowest BCUT2D eigenvalue weighted by atomic mass is 10.1. The van der Waals surface area contributed by atoms with Crippen molar-refractivity contribution < 1.29 is 54.2 Å². The Balaban J connectivity index is 2.47. The van der Waals surface area contributed by atoms with E-state index in [0.717, 1.165) is 12.8 Å². The van der Waals surface area contributed by atoms with Crippen LogP contribution in [-0.4, -0.2) is 48.8 Å². The van der Waals surface area contributed by atoms with Gasteiger partial charge in [0, 0.05) is 0 Å². The Labute approximate surface area is 142 Å². The van der Waals surface area contributed by atoms with Gasteiger partial charge in [-0.05, 0) is 25.7 Å². The minimum absolute atomic E-state index is 0.321. The summed E-state index contributed by atoms with van der Waals surface area (Å²) in [6.45, 7) is -2.54. The molecule has 4 nitrogen and oxygen atoms in total. The highest BCUT2D eigenvalue weighted by atomic mass is 19.4. The number of alkyl halides is 8. The van der Waals surface area contributed by atoms with Crippen molar-refractivity contribution in [3.8, 4) is 0 Å². The highest BCUT2D eigenvalue weighted by Gasteiger charge is 2.75. The average Bonchev–Trinajstić information content (AvgIpc) is 3.03. The summed E-state index contributed by atoms with van der Waals surface area (Å²) in [6.07, 6.45) is -3.81. The Morgan fingerprint density at radius 2 is 1.42 bits per heavy atom. The molecule has 26 heavy (non-hydrogen) atoms. The smallest absolute Gasteiger partial charge is 0.381 e. The SMILES string of the molecule is O=C(CCC(=O)OC1CCCC1)OCC(F)(F)C(F)(F)C(F)(F)C(F)F. The van der Waals surface area contributed by atoms with Crippen LogP contribution in [0, 0.1) is 0 Å². The monoisotopic (exact) mass is 400 g/mol. The van der Waals surface area contributed by atoms with Crippen LogP contribution in [-0.2, 0) is 19.1 Å². The molecule has 12 heteroatoms. The van der Waals surface area contributed by atoms with E-state index in [0.29, 0.717) is 12.8 Å². The largest absolute Gasteiger partial charge is 0.462 e. The van der Waals surface area contributed by atoms with E-state index in [1.54, 1.807) is 0 Å². The summed E-state index contributed by atoms with van der Waals surface area (Å²) < 4.78 is 110. The first-order valence-electron chi connectivity index (χ1n) is 7.58. The fourth-order valence-electron chi connectivity index (χ4n) is 2.17. The maximum absolute atomic E-state index is 13.2. The van der Waals surface area contributed by atoms with Crippen molar-refractivity contribution >= 4 is 11.9 Å². The van der Waals surface area contributed by atoms with E-state index in [1.165, 1.54) is 0 Å². The molecular formula is C14H16F8O4. The van der Waals surface area contributed by atoms with Gasteiger partial charge in [0.2, 0.25) is 0 Å². The standard InChI is InChI=1S/C14H16F8O4/c15-11(16)13(19,20)14(21,22)12(17,18)7-25-9(23)5-6-10(24)26-8-3-1-2-4-8/h8,11H,1-7H2. The molecule has 0 radical (unpaired) electrons. The minimum atomic E-state index is -6.45. The fraction of sp³-hybridized carbons (Fsp3) is 0.857. The van der Waals surface area contributed by atoms with E-state index in [1.807, 2.05) is 0 Å². The molecule has 0 heterocycles. The van der Waals surface area contributed by atoms with E-state index in [2.05, 4.69) is 4.74 Å². The third kappa shape index (κ3) is 5.19. The molecule has 0 saturated heterocycles. The molecule has 0 atom stereocenters. The summed E-state index contributed by atoms with van der Waals surface area (Å²) in [4.78, 5) is 22.6.